The number of carboxylic acid groups (broad SMARTS) is 2. The molecular formula is C19H22N4Na2O6. The Balaban J connectivity index is 0.00000240. The SMILES string of the molecule is N=C(N)c1ccc(N2CC(CN3CCC(CC(=O)[O-])(C(=O)[O-])CC3)OC2=O)cc1.[Na+].[Na+]. The van der Waals surface area contributed by atoms with Crippen LogP contribution < -0.4 is 80.0 Å². The number of benzene rings is 1. The molecule has 0 aliphatic carbocycles. The van der Waals surface area contributed by atoms with Gasteiger partial charge in [0.15, 0.2) is 0 Å². The van der Waals surface area contributed by atoms with Crippen LogP contribution in [0, 0.1) is 10.8 Å². The number of carboxylic acids is 2. The molecule has 1 aromatic carbocycles. The number of ether oxygens (including phenoxy) is 1. The van der Waals surface area contributed by atoms with E-state index in [1.165, 1.54) is 4.90 Å². The monoisotopic (exact) mass is 448 g/mol. The van der Waals surface area contributed by atoms with E-state index in [1.807, 2.05) is 4.90 Å². The molecule has 0 spiro atoms. The zero-order valence-electron chi connectivity index (χ0n) is 17.8. The molecule has 1 unspecified atom stereocenters. The van der Waals surface area contributed by atoms with Gasteiger partial charge in [0, 0.05) is 35.1 Å². The first-order valence-electron chi connectivity index (χ1n) is 9.26. The minimum absolute atomic E-state index is 0. The maximum Gasteiger partial charge on any atom is 1.00 e. The van der Waals surface area contributed by atoms with E-state index in [0.717, 1.165) is 0 Å². The summed E-state index contributed by atoms with van der Waals surface area (Å²) in [5.41, 5.74) is 5.21. The number of piperidine rings is 1. The van der Waals surface area contributed by atoms with Crippen molar-refractivity contribution in [3.8, 4) is 0 Å². The average molecular weight is 448 g/mol. The summed E-state index contributed by atoms with van der Waals surface area (Å²) in [6, 6.07) is 6.68. The number of hydrogen-bond acceptors (Lipinski definition) is 8. The average Bonchev–Trinajstić information content (AvgIpc) is 3.03. The number of hydrogen-bond donors (Lipinski definition) is 2. The molecule has 0 saturated carbocycles. The number of carbonyl (C=O) groups is 3. The Labute approximate surface area is 224 Å². The molecule has 2 heterocycles. The van der Waals surface area contributed by atoms with Crippen LogP contribution in [0.4, 0.5) is 10.5 Å². The molecule has 1 atom stereocenters. The van der Waals surface area contributed by atoms with Gasteiger partial charge in [-0.15, -0.1) is 0 Å². The molecule has 1 amide bonds. The van der Waals surface area contributed by atoms with Gasteiger partial charge in [-0.1, -0.05) is 0 Å². The Morgan fingerprint density at radius 2 is 1.74 bits per heavy atom. The fourth-order valence-corrected chi connectivity index (χ4v) is 3.83. The molecule has 0 bridgehead atoms. The maximum absolute atomic E-state index is 12.2. The number of aliphatic carboxylic acids is 2. The van der Waals surface area contributed by atoms with E-state index in [2.05, 4.69) is 0 Å². The Hall–Kier alpha value is -1.14. The van der Waals surface area contributed by atoms with Gasteiger partial charge in [0.2, 0.25) is 0 Å². The second-order valence-electron chi connectivity index (χ2n) is 7.49. The largest absolute Gasteiger partial charge is 1.00 e. The van der Waals surface area contributed by atoms with Gasteiger partial charge < -0.3 is 30.3 Å². The molecule has 0 aromatic heterocycles. The number of carbonyl (C=O) groups excluding carboxylic acids is 3. The Kier molecular flexibility index (Phi) is 10.5. The van der Waals surface area contributed by atoms with Gasteiger partial charge in [0.25, 0.3) is 0 Å². The smallest absolute Gasteiger partial charge is 0.550 e. The van der Waals surface area contributed by atoms with Gasteiger partial charge in [0.05, 0.1) is 6.54 Å². The third-order valence-electron chi connectivity index (χ3n) is 5.55. The number of nitrogen functional groups attached to an aromatic ring is 1. The quantitative estimate of drug-likeness (QED) is 0.236. The number of nitrogens with one attached hydrogen (secondary N) is 1. The van der Waals surface area contributed by atoms with Crippen molar-refractivity contribution in [3.05, 3.63) is 29.8 Å². The normalized spacial score (nSPS) is 20.2. The first-order chi connectivity index (χ1) is 13.7. The molecule has 2 saturated heterocycles. The molecule has 2 aliphatic rings. The van der Waals surface area contributed by atoms with Crippen molar-refractivity contribution in [2.45, 2.75) is 25.4 Å². The summed E-state index contributed by atoms with van der Waals surface area (Å²) in [7, 11) is 0. The van der Waals surface area contributed by atoms with Crippen molar-refractivity contribution in [2.75, 3.05) is 31.1 Å². The summed E-state index contributed by atoms with van der Waals surface area (Å²) in [4.78, 5) is 38.0. The van der Waals surface area contributed by atoms with E-state index >= 15 is 0 Å². The second-order valence-corrected chi connectivity index (χ2v) is 7.49. The third kappa shape index (κ3) is 6.67. The van der Waals surface area contributed by atoms with Crippen LogP contribution in [0.25, 0.3) is 0 Å². The van der Waals surface area contributed by atoms with Gasteiger partial charge in [0.1, 0.15) is 11.9 Å². The van der Waals surface area contributed by atoms with Crippen LogP contribution in [0.2, 0.25) is 0 Å². The number of cyclic esters (lactones) is 1. The minimum atomic E-state index is -1.41. The van der Waals surface area contributed by atoms with Crippen LogP contribution in [0.1, 0.15) is 24.8 Å². The standard InChI is InChI=1S/C19H24N4O6.2Na/c20-16(21)12-1-3-13(4-2-12)23-11-14(29-18(23)28)10-22-7-5-19(6-8-22,17(26)27)9-15(24)25;;/h1-4,14H,5-11H2,(H3,20,21)(H,24,25)(H,26,27);;/q;2*+1/p-2. The summed E-state index contributed by atoms with van der Waals surface area (Å²) < 4.78 is 5.42. The first kappa shape index (κ1) is 27.9. The minimum Gasteiger partial charge on any atom is -0.550 e. The van der Waals surface area contributed by atoms with Crippen LogP contribution in [0.5, 0.6) is 0 Å². The predicted octanol–water partition coefficient (Wildman–Crippen LogP) is -7.72. The van der Waals surface area contributed by atoms with E-state index in [-0.39, 0.29) is 77.8 Å². The molecule has 31 heavy (non-hydrogen) atoms. The summed E-state index contributed by atoms with van der Waals surface area (Å²) >= 11 is 0. The van der Waals surface area contributed by atoms with Crippen LogP contribution in [-0.2, 0) is 14.3 Å². The summed E-state index contributed by atoms with van der Waals surface area (Å²) in [5, 5.41) is 29.8. The molecule has 12 heteroatoms. The van der Waals surface area contributed by atoms with Crippen LogP contribution >= 0.6 is 0 Å². The predicted molar refractivity (Wildman–Crippen MR) is 97.8 cm³/mol. The molecule has 2 fully saturated rings. The molecule has 156 valence electrons. The van der Waals surface area contributed by atoms with Crippen LogP contribution in [0.15, 0.2) is 24.3 Å². The molecule has 3 rings (SSSR count). The number of amidine groups is 1. The van der Waals surface area contributed by atoms with Gasteiger partial charge >= 0.3 is 65.2 Å². The van der Waals surface area contributed by atoms with Gasteiger partial charge in [-0.3, -0.25) is 15.2 Å². The summed E-state index contributed by atoms with van der Waals surface area (Å²) in [6.45, 7) is 1.48. The van der Waals surface area contributed by atoms with Crippen molar-refractivity contribution in [1.82, 2.24) is 4.90 Å². The molecule has 10 nitrogen and oxygen atoms in total. The third-order valence-corrected chi connectivity index (χ3v) is 5.55. The Morgan fingerprint density at radius 3 is 2.23 bits per heavy atom. The van der Waals surface area contributed by atoms with Crippen LogP contribution in [0.3, 0.4) is 0 Å². The van der Waals surface area contributed by atoms with Gasteiger partial charge in [-0.2, -0.15) is 0 Å². The fraction of sp³-hybridized carbons (Fsp3) is 0.474. The van der Waals surface area contributed by atoms with Crippen molar-refractivity contribution < 1.29 is 88.4 Å². The maximum atomic E-state index is 12.2. The second kappa shape index (κ2) is 11.6. The number of nitrogens with two attached hydrogens (primary N) is 1. The molecular weight excluding hydrogens is 426 g/mol. The van der Waals surface area contributed by atoms with Crippen LogP contribution in [-0.4, -0.2) is 61.1 Å². The van der Waals surface area contributed by atoms with E-state index in [9.17, 15) is 24.6 Å². The van der Waals surface area contributed by atoms with Gasteiger partial charge in [-0.25, -0.2) is 4.79 Å². The topological polar surface area (TPSA) is 163 Å². The fourth-order valence-electron chi connectivity index (χ4n) is 3.83. The first-order valence-corrected chi connectivity index (χ1v) is 9.26. The number of likely N-dealkylation sites (tertiary alicyclic amines) is 1. The molecule has 3 N–H and O–H groups in total. The van der Waals surface area contributed by atoms with Crippen molar-refractivity contribution in [2.24, 2.45) is 11.1 Å². The Morgan fingerprint density at radius 1 is 1.16 bits per heavy atom. The van der Waals surface area contributed by atoms with E-state index in [1.54, 1.807) is 24.3 Å². The summed E-state index contributed by atoms with van der Waals surface area (Å²) in [6.07, 6.45) is -1.17. The number of rotatable bonds is 7. The van der Waals surface area contributed by atoms with Crippen molar-refractivity contribution >= 4 is 29.6 Å². The molecule has 0 radical (unpaired) electrons. The zero-order valence-corrected chi connectivity index (χ0v) is 21.8. The van der Waals surface area contributed by atoms with Crippen molar-refractivity contribution in [1.29, 1.82) is 5.41 Å². The Bertz CT molecular complexity index is 827. The molecule has 2 aliphatic heterocycles. The number of anilines is 1. The number of amides is 1. The molecule has 1 aromatic rings. The van der Waals surface area contributed by atoms with Gasteiger partial charge in [-0.05, 0) is 56.6 Å². The van der Waals surface area contributed by atoms with E-state index in [0.29, 0.717) is 37.4 Å². The van der Waals surface area contributed by atoms with E-state index in [4.69, 9.17) is 15.9 Å². The zero-order chi connectivity index (χ0) is 21.2. The number of nitrogens with zero attached hydrogens (tertiary/aromatic N) is 2. The van der Waals surface area contributed by atoms with E-state index < -0.39 is 36.0 Å². The van der Waals surface area contributed by atoms with Crippen molar-refractivity contribution in [3.63, 3.8) is 0 Å². The summed E-state index contributed by atoms with van der Waals surface area (Å²) in [5.74, 6) is -2.83.